The van der Waals surface area contributed by atoms with Crippen LogP contribution in [0.15, 0.2) is 53.6 Å². The molecule has 0 radical (unpaired) electrons. The third-order valence-corrected chi connectivity index (χ3v) is 9.68. The minimum absolute atomic E-state index is 0.145. The molecule has 4 heterocycles. The summed E-state index contributed by atoms with van der Waals surface area (Å²) in [5.41, 5.74) is 1.73. The summed E-state index contributed by atoms with van der Waals surface area (Å²) in [6, 6.07) is 10.8. The lowest BCUT2D eigenvalue weighted by Crippen LogP contribution is -2.52. The molecule has 3 amide bonds. The third kappa shape index (κ3) is 4.06. The van der Waals surface area contributed by atoms with Crippen LogP contribution in [-0.4, -0.2) is 59.5 Å². The zero-order valence-electron chi connectivity index (χ0n) is 20.4. The second-order valence-electron chi connectivity index (χ2n) is 9.94. The molecule has 0 saturated carbocycles. The standard InChI is InChI=1S/C27H25FN4O5S/c28-21-14-20-18(15-32(27(20)35)22-6-7-24(33)30-26(22)34)13-19(21)16-8-11-31(12-9-16)38(36,37)23-5-1-3-17-4-2-10-29-25(17)23/h1-5,10,13-14,16,22H,6-9,11-12,15H2,(H,30,33,34). The van der Waals surface area contributed by atoms with E-state index in [1.54, 1.807) is 30.5 Å². The lowest BCUT2D eigenvalue weighted by Gasteiger charge is -2.32. The maximum absolute atomic E-state index is 15.2. The summed E-state index contributed by atoms with van der Waals surface area (Å²) in [5, 5.41) is 3.00. The Morgan fingerprint density at radius 3 is 2.53 bits per heavy atom. The number of nitrogens with one attached hydrogen (secondary N) is 1. The average molecular weight is 537 g/mol. The summed E-state index contributed by atoms with van der Waals surface area (Å²) in [7, 11) is -3.79. The van der Waals surface area contributed by atoms with Gasteiger partial charge in [0.05, 0.1) is 5.52 Å². The molecule has 196 valence electrons. The molecule has 3 aromatic rings. The second-order valence-corrected chi connectivity index (χ2v) is 11.8. The van der Waals surface area contributed by atoms with Gasteiger partial charge in [0.1, 0.15) is 16.8 Å². The summed E-state index contributed by atoms with van der Waals surface area (Å²) < 4.78 is 43.6. The Labute approximate surface area is 218 Å². The van der Waals surface area contributed by atoms with Gasteiger partial charge in [-0.3, -0.25) is 24.7 Å². The Morgan fingerprint density at radius 1 is 1.00 bits per heavy atom. The predicted octanol–water partition coefficient (Wildman–Crippen LogP) is 2.70. The first-order valence-corrected chi connectivity index (χ1v) is 14.0. The molecule has 0 aliphatic carbocycles. The number of piperidine rings is 2. The highest BCUT2D eigenvalue weighted by atomic mass is 32.2. The first-order chi connectivity index (χ1) is 18.2. The van der Waals surface area contributed by atoms with Gasteiger partial charge in [-0.1, -0.05) is 24.3 Å². The fourth-order valence-electron chi connectivity index (χ4n) is 5.75. The molecule has 1 unspecified atom stereocenters. The highest BCUT2D eigenvalue weighted by Gasteiger charge is 2.40. The molecule has 0 spiro atoms. The van der Waals surface area contributed by atoms with Crippen molar-refractivity contribution in [1.29, 1.82) is 0 Å². The number of aromatic nitrogens is 1. The van der Waals surface area contributed by atoms with E-state index in [0.29, 0.717) is 29.5 Å². The van der Waals surface area contributed by atoms with Crippen molar-refractivity contribution in [2.75, 3.05) is 13.1 Å². The van der Waals surface area contributed by atoms with Crippen molar-refractivity contribution in [3.63, 3.8) is 0 Å². The number of halogens is 1. The number of hydrogen-bond donors (Lipinski definition) is 1. The fourth-order valence-corrected chi connectivity index (χ4v) is 7.39. The lowest BCUT2D eigenvalue weighted by molar-refractivity contribution is -0.136. The number of carbonyl (C=O) groups is 3. The van der Waals surface area contributed by atoms with Gasteiger partial charge >= 0.3 is 0 Å². The zero-order valence-corrected chi connectivity index (χ0v) is 21.2. The normalized spacial score (nSPS) is 21.1. The molecule has 2 saturated heterocycles. The van der Waals surface area contributed by atoms with E-state index in [9.17, 15) is 22.8 Å². The molecular weight excluding hydrogens is 511 g/mol. The molecule has 1 aromatic heterocycles. The van der Waals surface area contributed by atoms with E-state index in [0.717, 1.165) is 5.39 Å². The smallest absolute Gasteiger partial charge is 0.255 e. The fraction of sp³-hybridized carbons (Fsp3) is 0.333. The van der Waals surface area contributed by atoms with E-state index >= 15 is 4.39 Å². The Hall–Kier alpha value is -3.70. The molecular formula is C27H25FN4O5S. The summed E-state index contributed by atoms with van der Waals surface area (Å²) in [4.78, 5) is 42.6. The van der Waals surface area contributed by atoms with Crippen LogP contribution in [0.25, 0.3) is 10.9 Å². The van der Waals surface area contributed by atoms with Gasteiger partial charge in [0.2, 0.25) is 21.8 Å². The van der Waals surface area contributed by atoms with E-state index in [-0.39, 0.29) is 54.8 Å². The van der Waals surface area contributed by atoms with E-state index in [1.165, 1.54) is 15.3 Å². The van der Waals surface area contributed by atoms with Gasteiger partial charge < -0.3 is 4.90 Å². The number of carbonyl (C=O) groups excluding carboxylic acids is 3. The van der Waals surface area contributed by atoms with Crippen LogP contribution < -0.4 is 5.32 Å². The SMILES string of the molecule is O=C1CCC(N2Cc3cc(C4CCN(S(=O)(=O)c5cccc6cccnc56)CC4)c(F)cc3C2=O)C(=O)N1. The number of sulfonamides is 1. The molecule has 2 aromatic carbocycles. The first kappa shape index (κ1) is 24.6. The molecule has 6 rings (SSSR count). The van der Waals surface area contributed by atoms with E-state index in [4.69, 9.17) is 0 Å². The van der Waals surface area contributed by atoms with E-state index < -0.39 is 33.7 Å². The van der Waals surface area contributed by atoms with Gasteiger partial charge in [-0.25, -0.2) is 12.8 Å². The highest BCUT2D eigenvalue weighted by Crippen LogP contribution is 2.37. The van der Waals surface area contributed by atoms with Crippen LogP contribution in [0.5, 0.6) is 0 Å². The van der Waals surface area contributed by atoms with Crippen LogP contribution in [-0.2, 0) is 26.2 Å². The highest BCUT2D eigenvalue weighted by molar-refractivity contribution is 7.89. The molecule has 0 bridgehead atoms. The van der Waals surface area contributed by atoms with Crippen molar-refractivity contribution in [2.45, 2.75) is 49.1 Å². The Balaban J connectivity index is 1.20. The van der Waals surface area contributed by atoms with Gasteiger partial charge in [-0.15, -0.1) is 0 Å². The minimum atomic E-state index is -3.79. The summed E-state index contributed by atoms with van der Waals surface area (Å²) in [6.07, 6.45) is 2.80. The van der Waals surface area contributed by atoms with Gasteiger partial charge in [0, 0.05) is 43.2 Å². The van der Waals surface area contributed by atoms with Crippen LogP contribution in [0.4, 0.5) is 4.39 Å². The number of para-hydroxylation sites is 1. The van der Waals surface area contributed by atoms with Crippen LogP contribution in [0.1, 0.15) is 53.1 Å². The number of pyridine rings is 1. The summed E-state index contributed by atoms with van der Waals surface area (Å²) >= 11 is 0. The maximum atomic E-state index is 15.2. The number of hydrogen-bond acceptors (Lipinski definition) is 6. The van der Waals surface area contributed by atoms with Crippen molar-refractivity contribution in [1.82, 2.24) is 19.5 Å². The average Bonchev–Trinajstić information content (AvgIpc) is 3.22. The molecule has 3 aliphatic heterocycles. The lowest BCUT2D eigenvalue weighted by atomic mass is 9.88. The minimum Gasteiger partial charge on any atom is -0.322 e. The van der Waals surface area contributed by atoms with Crippen molar-refractivity contribution >= 4 is 38.6 Å². The van der Waals surface area contributed by atoms with Crippen LogP contribution >= 0.6 is 0 Å². The number of imide groups is 1. The van der Waals surface area contributed by atoms with Crippen molar-refractivity contribution in [3.8, 4) is 0 Å². The topological polar surface area (TPSA) is 117 Å². The molecule has 1 atom stereocenters. The predicted molar refractivity (Wildman–Crippen MR) is 135 cm³/mol. The Kier molecular flexibility index (Phi) is 5.99. The quantitative estimate of drug-likeness (QED) is 0.513. The van der Waals surface area contributed by atoms with Crippen molar-refractivity contribution in [2.24, 2.45) is 0 Å². The Morgan fingerprint density at radius 2 is 1.76 bits per heavy atom. The van der Waals surface area contributed by atoms with Gasteiger partial charge in [-0.05, 0) is 54.5 Å². The zero-order chi connectivity index (χ0) is 26.6. The monoisotopic (exact) mass is 536 g/mol. The van der Waals surface area contributed by atoms with E-state index in [1.807, 2.05) is 12.1 Å². The molecule has 1 N–H and O–H groups in total. The molecule has 2 fully saturated rings. The summed E-state index contributed by atoms with van der Waals surface area (Å²) in [6.45, 7) is 0.622. The van der Waals surface area contributed by atoms with Crippen molar-refractivity contribution in [3.05, 3.63) is 71.2 Å². The van der Waals surface area contributed by atoms with E-state index in [2.05, 4.69) is 10.3 Å². The number of nitrogens with zero attached hydrogens (tertiary/aromatic N) is 3. The largest absolute Gasteiger partial charge is 0.322 e. The second kappa shape index (κ2) is 9.25. The van der Waals surface area contributed by atoms with Crippen LogP contribution in [0.2, 0.25) is 0 Å². The third-order valence-electron chi connectivity index (χ3n) is 7.75. The van der Waals surface area contributed by atoms with Gasteiger partial charge in [-0.2, -0.15) is 4.31 Å². The molecule has 3 aliphatic rings. The number of benzene rings is 2. The number of amides is 3. The maximum Gasteiger partial charge on any atom is 0.255 e. The van der Waals surface area contributed by atoms with Gasteiger partial charge in [0.15, 0.2) is 0 Å². The Bertz CT molecular complexity index is 1600. The van der Waals surface area contributed by atoms with Gasteiger partial charge in [0.25, 0.3) is 5.91 Å². The van der Waals surface area contributed by atoms with Crippen molar-refractivity contribution < 1.29 is 27.2 Å². The number of rotatable bonds is 4. The number of fused-ring (bicyclic) bond motifs is 2. The molecule has 11 heteroatoms. The molecule has 38 heavy (non-hydrogen) atoms. The first-order valence-electron chi connectivity index (χ1n) is 12.5. The molecule has 9 nitrogen and oxygen atoms in total. The summed E-state index contributed by atoms with van der Waals surface area (Å²) in [5.74, 6) is -2.03. The van der Waals surface area contributed by atoms with Crippen LogP contribution in [0, 0.1) is 5.82 Å². The van der Waals surface area contributed by atoms with Crippen LogP contribution in [0.3, 0.4) is 0 Å².